The van der Waals surface area contributed by atoms with Crippen molar-refractivity contribution < 1.29 is 5.11 Å². The van der Waals surface area contributed by atoms with E-state index in [1.54, 1.807) is 6.07 Å². The molecule has 2 aromatic rings. The third-order valence-corrected chi connectivity index (χ3v) is 3.89. The summed E-state index contributed by atoms with van der Waals surface area (Å²) in [4.78, 5) is 5.65. The van der Waals surface area contributed by atoms with Crippen LogP contribution in [0.1, 0.15) is 18.4 Å². The average Bonchev–Trinajstić information content (AvgIpc) is 2.89. The molecule has 0 saturated carbocycles. The Morgan fingerprint density at radius 1 is 1.47 bits per heavy atom. The molecule has 2 N–H and O–H groups in total. The van der Waals surface area contributed by atoms with Crippen LogP contribution in [0.15, 0.2) is 24.4 Å². The number of likely N-dealkylation sites (N-methyl/N-ethyl adjacent to an activating group) is 1. The van der Waals surface area contributed by atoms with E-state index >= 15 is 0 Å². The lowest BCUT2D eigenvalue weighted by Crippen LogP contribution is -2.26. The number of phenols is 1. The van der Waals surface area contributed by atoms with Crippen molar-refractivity contribution >= 4 is 10.9 Å². The first kappa shape index (κ1) is 10.7. The third-order valence-electron chi connectivity index (χ3n) is 3.89. The number of aromatic nitrogens is 1. The summed E-state index contributed by atoms with van der Waals surface area (Å²) < 4.78 is 0. The number of aromatic amines is 1. The number of phenolic OH excluding ortho intramolecular Hbond substituents is 1. The SMILES string of the molecule is CN1CCCC1Cc1c[nH]c2cccc(O)c12. The molecule has 3 rings (SSSR count). The fraction of sp³-hybridized carbons (Fsp3) is 0.429. The lowest BCUT2D eigenvalue weighted by Gasteiger charge is -2.18. The van der Waals surface area contributed by atoms with Crippen molar-refractivity contribution in [2.75, 3.05) is 13.6 Å². The van der Waals surface area contributed by atoms with Gasteiger partial charge in [0.15, 0.2) is 0 Å². The van der Waals surface area contributed by atoms with Gasteiger partial charge in [-0.2, -0.15) is 0 Å². The molecule has 1 unspecified atom stereocenters. The topological polar surface area (TPSA) is 39.3 Å². The minimum atomic E-state index is 0.388. The number of aromatic hydroxyl groups is 1. The highest BCUT2D eigenvalue weighted by Gasteiger charge is 2.22. The van der Waals surface area contributed by atoms with Crippen molar-refractivity contribution in [2.24, 2.45) is 0 Å². The number of fused-ring (bicyclic) bond motifs is 1. The number of nitrogens with zero attached hydrogens (tertiary/aromatic N) is 1. The lowest BCUT2D eigenvalue weighted by atomic mass is 10.0. The summed E-state index contributed by atoms with van der Waals surface area (Å²) >= 11 is 0. The molecule has 0 spiro atoms. The van der Waals surface area contributed by atoms with E-state index in [9.17, 15) is 5.11 Å². The van der Waals surface area contributed by atoms with Gasteiger partial charge in [0.2, 0.25) is 0 Å². The maximum Gasteiger partial charge on any atom is 0.125 e. The number of benzene rings is 1. The van der Waals surface area contributed by atoms with E-state index in [1.807, 2.05) is 18.3 Å². The number of rotatable bonds is 2. The normalized spacial score (nSPS) is 21.4. The molecule has 1 saturated heterocycles. The molecule has 1 aromatic heterocycles. The van der Waals surface area contributed by atoms with Crippen LogP contribution in [0.2, 0.25) is 0 Å². The Kier molecular flexibility index (Phi) is 2.56. The zero-order valence-corrected chi connectivity index (χ0v) is 10.1. The predicted molar refractivity (Wildman–Crippen MR) is 69.3 cm³/mol. The van der Waals surface area contributed by atoms with Gasteiger partial charge in [0, 0.05) is 23.1 Å². The van der Waals surface area contributed by atoms with Gasteiger partial charge in [-0.3, -0.25) is 0 Å². The van der Waals surface area contributed by atoms with E-state index in [1.165, 1.54) is 24.9 Å². The quantitative estimate of drug-likeness (QED) is 0.832. The van der Waals surface area contributed by atoms with Crippen LogP contribution in [0.4, 0.5) is 0 Å². The summed E-state index contributed by atoms with van der Waals surface area (Å²) in [6.07, 6.45) is 5.61. The Hall–Kier alpha value is -1.48. The Morgan fingerprint density at radius 2 is 2.35 bits per heavy atom. The third kappa shape index (κ3) is 1.80. The van der Waals surface area contributed by atoms with E-state index in [-0.39, 0.29) is 0 Å². The maximum absolute atomic E-state index is 9.95. The maximum atomic E-state index is 9.95. The molecule has 3 nitrogen and oxygen atoms in total. The van der Waals surface area contributed by atoms with Gasteiger partial charge >= 0.3 is 0 Å². The summed E-state index contributed by atoms with van der Waals surface area (Å²) in [5, 5.41) is 10.9. The monoisotopic (exact) mass is 230 g/mol. The Labute approximate surface area is 101 Å². The molecule has 1 aromatic carbocycles. The van der Waals surface area contributed by atoms with Crippen molar-refractivity contribution in [3.8, 4) is 5.75 Å². The van der Waals surface area contributed by atoms with Gasteiger partial charge in [0.25, 0.3) is 0 Å². The first-order valence-electron chi connectivity index (χ1n) is 6.24. The first-order chi connectivity index (χ1) is 8.25. The van der Waals surface area contributed by atoms with E-state index in [0.717, 1.165) is 17.3 Å². The highest BCUT2D eigenvalue weighted by Crippen LogP contribution is 2.30. The average molecular weight is 230 g/mol. The molecular weight excluding hydrogens is 212 g/mol. The number of H-pyrrole nitrogens is 1. The fourth-order valence-corrected chi connectivity index (χ4v) is 2.89. The van der Waals surface area contributed by atoms with Gasteiger partial charge in [-0.05, 0) is 50.6 Å². The van der Waals surface area contributed by atoms with Gasteiger partial charge in [-0.15, -0.1) is 0 Å². The van der Waals surface area contributed by atoms with Crippen LogP contribution in [-0.2, 0) is 6.42 Å². The van der Waals surface area contributed by atoms with Gasteiger partial charge in [-0.1, -0.05) is 6.07 Å². The van der Waals surface area contributed by atoms with Crippen molar-refractivity contribution in [3.63, 3.8) is 0 Å². The Morgan fingerprint density at radius 3 is 3.12 bits per heavy atom. The van der Waals surface area contributed by atoms with E-state index in [0.29, 0.717) is 11.8 Å². The Bertz CT molecular complexity index is 532. The predicted octanol–water partition coefficient (Wildman–Crippen LogP) is 2.51. The van der Waals surface area contributed by atoms with E-state index in [4.69, 9.17) is 0 Å². The summed E-state index contributed by atoms with van der Waals surface area (Å²) in [6, 6.07) is 6.27. The van der Waals surface area contributed by atoms with Crippen LogP contribution in [0, 0.1) is 0 Å². The Balaban J connectivity index is 1.95. The number of nitrogens with one attached hydrogen (secondary N) is 1. The molecule has 0 bridgehead atoms. The molecule has 2 heterocycles. The first-order valence-corrected chi connectivity index (χ1v) is 6.24. The van der Waals surface area contributed by atoms with E-state index < -0.39 is 0 Å². The molecular formula is C14H18N2O. The van der Waals surface area contributed by atoms with Gasteiger partial charge < -0.3 is 15.0 Å². The van der Waals surface area contributed by atoms with Gasteiger partial charge in [-0.25, -0.2) is 0 Å². The van der Waals surface area contributed by atoms with Crippen molar-refractivity contribution in [1.82, 2.24) is 9.88 Å². The standard InChI is InChI=1S/C14H18N2O/c1-16-7-3-4-11(16)8-10-9-15-12-5-2-6-13(17)14(10)12/h2,5-6,9,11,15,17H,3-4,7-8H2,1H3. The van der Waals surface area contributed by atoms with Crippen LogP contribution in [0.25, 0.3) is 10.9 Å². The molecule has 90 valence electrons. The summed E-state index contributed by atoms with van der Waals surface area (Å²) in [5.74, 6) is 0.388. The molecule has 0 radical (unpaired) electrons. The van der Waals surface area contributed by atoms with Gasteiger partial charge in [0.05, 0.1) is 0 Å². The molecule has 1 fully saturated rings. The van der Waals surface area contributed by atoms with Crippen molar-refractivity contribution in [3.05, 3.63) is 30.0 Å². The largest absolute Gasteiger partial charge is 0.507 e. The van der Waals surface area contributed by atoms with Crippen LogP contribution >= 0.6 is 0 Å². The minimum absolute atomic E-state index is 0.388. The second kappa shape index (κ2) is 4.08. The molecule has 1 atom stereocenters. The zero-order valence-electron chi connectivity index (χ0n) is 10.1. The highest BCUT2D eigenvalue weighted by atomic mass is 16.3. The fourth-order valence-electron chi connectivity index (χ4n) is 2.89. The smallest absolute Gasteiger partial charge is 0.125 e. The van der Waals surface area contributed by atoms with Crippen LogP contribution in [0.3, 0.4) is 0 Å². The summed E-state index contributed by atoms with van der Waals surface area (Å²) in [5.41, 5.74) is 2.26. The lowest BCUT2D eigenvalue weighted by molar-refractivity contribution is 0.309. The number of hydrogen-bond acceptors (Lipinski definition) is 2. The van der Waals surface area contributed by atoms with Crippen molar-refractivity contribution in [1.29, 1.82) is 0 Å². The summed E-state index contributed by atoms with van der Waals surface area (Å²) in [7, 11) is 2.19. The highest BCUT2D eigenvalue weighted by molar-refractivity contribution is 5.89. The number of likely N-dealkylation sites (tertiary alicyclic amines) is 1. The van der Waals surface area contributed by atoms with Crippen molar-refractivity contribution in [2.45, 2.75) is 25.3 Å². The minimum Gasteiger partial charge on any atom is -0.507 e. The van der Waals surface area contributed by atoms with Crippen LogP contribution in [-0.4, -0.2) is 34.6 Å². The molecule has 1 aliphatic heterocycles. The van der Waals surface area contributed by atoms with Crippen LogP contribution in [0.5, 0.6) is 5.75 Å². The molecule has 1 aliphatic rings. The second-order valence-electron chi connectivity index (χ2n) is 4.99. The molecule has 3 heteroatoms. The molecule has 0 amide bonds. The summed E-state index contributed by atoms with van der Waals surface area (Å²) in [6.45, 7) is 1.19. The van der Waals surface area contributed by atoms with Gasteiger partial charge in [0.1, 0.15) is 5.75 Å². The molecule has 17 heavy (non-hydrogen) atoms. The number of hydrogen-bond donors (Lipinski definition) is 2. The van der Waals surface area contributed by atoms with E-state index in [2.05, 4.69) is 16.9 Å². The second-order valence-corrected chi connectivity index (χ2v) is 4.99. The molecule has 0 aliphatic carbocycles. The zero-order chi connectivity index (χ0) is 11.8. The van der Waals surface area contributed by atoms with Crippen LogP contribution < -0.4 is 0 Å².